The average molecular weight is 234 g/mol. The minimum atomic E-state index is 0.119. The molecule has 0 aromatic heterocycles. The van der Waals surface area contributed by atoms with Gasteiger partial charge in [-0.05, 0) is 25.5 Å². The first-order chi connectivity index (χ1) is 8.27. The third-order valence-corrected chi connectivity index (χ3v) is 3.88. The van der Waals surface area contributed by atoms with Crippen LogP contribution in [0.15, 0.2) is 30.3 Å². The van der Waals surface area contributed by atoms with Gasteiger partial charge in [0, 0.05) is 31.8 Å². The predicted octanol–water partition coefficient (Wildman–Crippen LogP) is 1.63. The van der Waals surface area contributed by atoms with Crippen molar-refractivity contribution in [1.82, 2.24) is 4.90 Å². The van der Waals surface area contributed by atoms with E-state index in [0.717, 1.165) is 32.6 Å². The Morgan fingerprint density at radius 3 is 2.47 bits per heavy atom. The molecular weight excluding hydrogens is 212 g/mol. The molecule has 1 aliphatic rings. The van der Waals surface area contributed by atoms with Crippen LogP contribution in [0, 0.1) is 0 Å². The lowest BCUT2D eigenvalue weighted by atomic mass is 9.88. The minimum Gasteiger partial charge on any atom is -0.381 e. The van der Waals surface area contributed by atoms with Gasteiger partial charge in [0.05, 0.1) is 0 Å². The van der Waals surface area contributed by atoms with E-state index >= 15 is 0 Å². The third kappa shape index (κ3) is 2.86. The third-order valence-electron chi connectivity index (χ3n) is 3.88. The van der Waals surface area contributed by atoms with Crippen molar-refractivity contribution in [3.63, 3.8) is 0 Å². The van der Waals surface area contributed by atoms with E-state index in [1.807, 2.05) is 0 Å². The summed E-state index contributed by atoms with van der Waals surface area (Å²) in [5, 5.41) is 0. The molecular formula is C14H22N2O. The largest absolute Gasteiger partial charge is 0.381 e. The van der Waals surface area contributed by atoms with Gasteiger partial charge in [0.25, 0.3) is 0 Å². The normalized spacial score (nSPS) is 19.5. The molecule has 0 atom stereocenters. The highest BCUT2D eigenvalue weighted by Crippen LogP contribution is 2.27. The average Bonchev–Trinajstić information content (AvgIpc) is 2.40. The van der Waals surface area contributed by atoms with E-state index < -0.39 is 0 Å². The van der Waals surface area contributed by atoms with Crippen molar-refractivity contribution in [3.05, 3.63) is 35.9 Å². The zero-order valence-electron chi connectivity index (χ0n) is 10.6. The number of nitrogens with zero attached hydrogens (tertiary/aromatic N) is 1. The Morgan fingerprint density at radius 1 is 1.24 bits per heavy atom. The molecule has 1 aromatic carbocycles. The van der Waals surface area contributed by atoms with E-state index in [1.54, 1.807) is 0 Å². The molecule has 94 valence electrons. The molecule has 0 spiro atoms. The van der Waals surface area contributed by atoms with Crippen LogP contribution in [0.1, 0.15) is 18.4 Å². The molecule has 1 aromatic rings. The van der Waals surface area contributed by atoms with Crippen LogP contribution in [0.2, 0.25) is 0 Å². The van der Waals surface area contributed by atoms with Crippen LogP contribution in [0.4, 0.5) is 0 Å². The Labute approximate surface area is 104 Å². The topological polar surface area (TPSA) is 38.5 Å². The summed E-state index contributed by atoms with van der Waals surface area (Å²) in [5.74, 6) is 0. The maximum atomic E-state index is 6.00. The van der Waals surface area contributed by atoms with Gasteiger partial charge in [0.15, 0.2) is 0 Å². The first kappa shape index (κ1) is 12.6. The van der Waals surface area contributed by atoms with Crippen LogP contribution in [0.3, 0.4) is 0 Å². The molecule has 2 rings (SSSR count). The molecule has 3 heteroatoms. The Balaban J connectivity index is 2.04. The van der Waals surface area contributed by atoms with E-state index in [0.29, 0.717) is 6.54 Å². The minimum absolute atomic E-state index is 0.119. The number of hydrogen-bond donors (Lipinski definition) is 1. The SMILES string of the molecule is CN(Cc1ccccc1)C1(CN)CCOCC1. The van der Waals surface area contributed by atoms with Crippen molar-refractivity contribution in [2.45, 2.75) is 24.9 Å². The number of ether oxygens (including phenoxy) is 1. The summed E-state index contributed by atoms with van der Waals surface area (Å²) in [6.07, 6.45) is 2.07. The fourth-order valence-corrected chi connectivity index (χ4v) is 2.52. The molecule has 0 bridgehead atoms. The van der Waals surface area contributed by atoms with Crippen LogP contribution in [-0.2, 0) is 11.3 Å². The zero-order valence-corrected chi connectivity index (χ0v) is 10.6. The molecule has 0 amide bonds. The summed E-state index contributed by atoms with van der Waals surface area (Å²) >= 11 is 0. The highest BCUT2D eigenvalue weighted by atomic mass is 16.5. The Hall–Kier alpha value is -0.900. The summed E-state index contributed by atoms with van der Waals surface area (Å²) in [4.78, 5) is 2.39. The molecule has 0 saturated carbocycles. The molecule has 1 aliphatic heterocycles. The highest BCUT2D eigenvalue weighted by molar-refractivity contribution is 5.15. The molecule has 0 aliphatic carbocycles. The molecule has 0 radical (unpaired) electrons. The summed E-state index contributed by atoms with van der Waals surface area (Å²) in [7, 11) is 2.17. The van der Waals surface area contributed by atoms with Crippen LogP contribution >= 0.6 is 0 Å². The number of likely N-dealkylation sites (N-methyl/N-ethyl adjacent to an activating group) is 1. The van der Waals surface area contributed by atoms with Crippen LogP contribution in [0.25, 0.3) is 0 Å². The zero-order chi connectivity index (χ0) is 12.1. The predicted molar refractivity (Wildman–Crippen MR) is 69.7 cm³/mol. The standard InChI is InChI=1S/C14H22N2O/c1-16(11-13-5-3-2-4-6-13)14(12-15)7-9-17-10-8-14/h2-6H,7-12,15H2,1H3. The lowest BCUT2D eigenvalue weighted by Gasteiger charge is -2.44. The van der Waals surface area contributed by atoms with Crippen molar-refractivity contribution in [2.75, 3.05) is 26.8 Å². The lowest BCUT2D eigenvalue weighted by Crippen LogP contribution is -2.54. The number of nitrogens with two attached hydrogens (primary N) is 1. The molecule has 17 heavy (non-hydrogen) atoms. The summed E-state index contributed by atoms with van der Waals surface area (Å²) in [6.45, 7) is 3.32. The maximum absolute atomic E-state index is 6.00. The van der Waals surface area contributed by atoms with Crippen molar-refractivity contribution in [3.8, 4) is 0 Å². The monoisotopic (exact) mass is 234 g/mol. The van der Waals surface area contributed by atoms with Gasteiger partial charge in [-0.2, -0.15) is 0 Å². The number of rotatable bonds is 4. The molecule has 1 saturated heterocycles. The van der Waals surface area contributed by atoms with E-state index in [2.05, 4.69) is 42.3 Å². The first-order valence-electron chi connectivity index (χ1n) is 6.30. The molecule has 0 unspecified atom stereocenters. The highest BCUT2D eigenvalue weighted by Gasteiger charge is 2.34. The second kappa shape index (κ2) is 5.63. The van der Waals surface area contributed by atoms with Crippen LogP contribution in [-0.4, -0.2) is 37.2 Å². The maximum Gasteiger partial charge on any atom is 0.0484 e. The second-order valence-corrected chi connectivity index (χ2v) is 4.88. The number of hydrogen-bond acceptors (Lipinski definition) is 3. The summed E-state index contributed by atoms with van der Waals surface area (Å²) in [5.41, 5.74) is 7.46. The van der Waals surface area contributed by atoms with Crippen molar-refractivity contribution in [1.29, 1.82) is 0 Å². The van der Waals surface area contributed by atoms with Gasteiger partial charge >= 0.3 is 0 Å². The van der Waals surface area contributed by atoms with E-state index in [4.69, 9.17) is 10.5 Å². The van der Waals surface area contributed by atoms with Gasteiger partial charge in [0.1, 0.15) is 0 Å². The van der Waals surface area contributed by atoms with E-state index in [1.165, 1.54) is 5.56 Å². The molecule has 1 fully saturated rings. The smallest absolute Gasteiger partial charge is 0.0484 e. The van der Waals surface area contributed by atoms with Gasteiger partial charge in [-0.3, -0.25) is 4.90 Å². The van der Waals surface area contributed by atoms with Crippen molar-refractivity contribution >= 4 is 0 Å². The number of benzene rings is 1. The van der Waals surface area contributed by atoms with E-state index in [-0.39, 0.29) is 5.54 Å². The van der Waals surface area contributed by atoms with Gasteiger partial charge in [-0.1, -0.05) is 30.3 Å². The Bertz CT molecular complexity index is 333. The second-order valence-electron chi connectivity index (χ2n) is 4.88. The fourth-order valence-electron chi connectivity index (χ4n) is 2.52. The van der Waals surface area contributed by atoms with Gasteiger partial charge in [-0.15, -0.1) is 0 Å². The Kier molecular flexibility index (Phi) is 4.15. The van der Waals surface area contributed by atoms with Gasteiger partial charge < -0.3 is 10.5 Å². The van der Waals surface area contributed by atoms with Crippen molar-refractivity contribution < 1.29 is 4.74 Å². The first-order valence-corrected chi connectivity index (χ1v) is 6.30. The van der Waals surface area contributed by atoms with Gasteiger partial charge in [0.2, 0.25) is 0 Å². The lowest BCUT2D eigenvalue weighted by molar-refractivity contribution is -0.0163. The Morgan fingerprint density at radius 2 is 1.88 bits per heavy atom. The molecule has 3 nitrogen and oxygen atoms in total. The van der Waals surface area contributed by atoms with E-state index in [9.17, 15) is 0 Å². The molecule has 1 heterocycles. The quantitative estimate of drug-likeness (QED) is 0.860. The molecule has 2 N–H and O–H groups in total. The van der Waals surface area contributed by atoms with Crippen LogP contribution in [0.5, 0.6) is 0 Å². The van der Waals surface area contributed by atoms with Gasteiger partial charge in [-0.25, -0.2) is 0 Å². The van der Waals surface area contributed by atoms with Crippen molar-refractivity contribution in [2.24, 2.45) is 5.73 Å². The fraction of sp³-hybridized carbons (Fsp3) is 0.571. The summed E-state index contributed by atoms with van der Waals surface area (Å²) in [6, 6.07) is 10.6. The van der Waals surface area contributed by atoms with Crippen LogP contribution < -0.4 is 5.73 Å². The summed E-state index contributed by atoms with van der Waals surface area (Å²) < 4.78 is 5.44.